The van der Waals surface area contributed by atoms with Crippen molar-refractivity contribution < 1.29 is 27.5 Å². The van der Waals surface area contributed by atoms with Crippen molar-refractivity contribution in [2.45, 2.75) is 25.2 Å². The third-order valence-electron chi connectivity index (χ3n) is 4.42. The number of para-hydroxylation sites is 2. The highest BCUT2D eigenvalue weighted by atomic mass is 35.5. The Balaban J connectivity index is 1.91. The maximum absolute atomic E-state index is 13.4. The Morgan fingerprint density at radius 3 is 2.50 bits per heavy atom. The number of hydrogen-bond acceptors (Lipinski definition) is 4. The quantitative estimate of drug-likeness (QED) is 0.586. The van der Waals surface area contributed by atoms with E-state index in [1.165, 1.54) is 19.2 Å². The molecule has 1 aromatic heterocycles. The molecule has 6 nitrogen and oxygen atoms in total. The van der Waals surface area contributed by atoms with Crippen molar-refractivity contribution in [3.05, 3.63) is 64.9 Å². The molecule has 0 fully saturated rings. The summed E-state index contributed by atoms with van der Waals surface area (Å²) in [6.07, 6.45) is -4.98. The molecule has 0 radical (unpaired) electrons. The van der Waals surface area contributed by atoms with Crippen molar-refractivity contribution in [2.75, 3.05) is 7.11 Å². The number of hydrogen-bond donors (Lipinski definition) is 1. The molecule has 1 heterocycles. The van der Waals surface area contributed by atoms with E-state index in [0.717, 1.165) is 4.57 Å². The summed E-state index contributed by atoms with van der Waals surface area (Å²) in [6, 6.07) is 11.7. The third kappa shape index (κ3) is 4.73. The molecule has 3 rings (SSSR count). The molecule has 30 heavy (non-hydrogen) atoms. The number of nitrogens with one attached hydrogen (secondary N) is 1. The minimum Gasteiger partial charge on any atom is -0.469 e. The largest absolute Gasteiger partial charge is 0.469 e. The van der Waals surface area contributed by atoms with Gasteiger partial charge in [-0.2, -0.15) is 13.2 Å². The predicted octanol–water partition coefficient (Wildman–Crippen LogP) is 4.13. The van der Waals surface area contributed by atoms with Crippen LogP contribution in [0.25, 0.3) is 11.0 Å². The molecule has 158 valence electrons. The molecular formula is C20H17ClF3N3O3. The number of fused-ring (bicyclic) bond motifs is 1. The molecule has 1 atom stereocenters. The molecule has 2 aromatic carbocycles. The van der Waals surface area contributed by atoms with Crippen LogP contribution in [0.5, 0.6) is 0 Å². The minimum absolute atomic E-state index is 0.120. The van der Waals surface area contributed by atoms with E-state index in [4.69, 9.17) is 11.6 Å². The van der Waals surface area contributed by atoms with Crippen LogP contribution in [-0.4, -0.2) is 28.5 Å². The molecule has 1 amide bonds. The number of methoxy groups -OCH3 is 1. The minimum atomic E-state index is -4.74. The number of carbonyl (C=O) groups excluding carboxylic acids is 2. The number of alkyl halides is 3. The average molecular weight is 440 g/mol. The molecular weight excluding hydrogens is 423 g/mol. The standard InChI is InChI=1S/C20H17ClF3N3O3/c1-30-18(29)10-15(12-6-2-3-7-13(12)21)25-17(28)11-27-16-9-5-4-8-14(16)26-19(27)20(22,23)24/h2-9,15H,10-11H2,1H3,(H,25,28). The van der Waals surface area contributed by atoms with Gasteiger partial charge in [0.05, 0.1) is 30.6 Å². The number of nitrogens with zero attached hydrogens (tertiary/aromatic N) is 2. The van der Waals surface area contributed by atoms with Crippen molar-refractivity contribution in [1.82, 2.24) is 14.9 Å². The smallest absolute Gasteiger partial charge is 0.449 e. The number of carbonyl (C=O) groups is 2. The zero-order valence-electron chi connectivity index (χ0n) is 15.7. The first-order chi connectivity index (χ1) is 14.2. The zero-order chi connectivity index (χ0) is 21.9. The molecule has 0 aliphatic heterocycles. The van der Waals surface area contributed by atoms with Crippen LogP contribution in [0.1, 0.15) is 23.9 Å². The van der Waals surface area contributed by atoms with Crippen LogP contribution in [0.4, 0.5) is 13.2 Å². The van der Waals surface area contributed by atoms with Gasteiger partial charge in [0.2, 0.25) is 11.7 Å². The van der Waals surface area contributed by atoms with Gasteiger partial charge >= 0.3 is 12.1 Å². The summed E-state index contributed by atoms with van der Waals surface area (Å²) in [7, 11) is 1.20. The van der Waals surface area contributed by atoms with Crippen molar-refractivity contribution in [1.29, 1.82) is 0 Å². The highest BCUT2D eigenvalue weighted by Crippen LogP contribution is 2.31. The summed E-state index contributed by atoms with van der Waals surface area (Å²) in [6.45, 7) is -0.641. The van der Waals surface area contributed by atoms with Gasteiger partial charge < -0.3 is 14.6 Å². The Labute approximate surface area is 174 Å². The van der Waals surface area contributed by atoms with E-state index in [2.05, 4.69) is 15.0 Å². The second-order valence-corrected chi connectivity index (χ2v) is 6.84. The normalized spacial score (nSPS) is 12.6. The third-order valence-corrected chi connectivity index (χ3v) is 4.77. The number of aromatic nitrogens is 2. The van der Waals surface area contributed by atoms with Crippen LogP contribution < -0.4 is 5.32 Å². The Kier molecular flexibility index (Phi) is 6.31. The number of ether oxygens (including phenoxy) is 1. The number of amides is 1. The van der Waals surface area contributed by atoms with Crippen LogP contribution in [0.3, 0.4) is 0 Å². The molecule has 0 spiro atoms. The summed E-state index contributed by atoms with van der Waals surface area (Å²) in [4.78, 5) is 28.1. The van der Waals surface area contributed by atoms with Gasteiger partial charge in [-0.1, -0.05) is 41.9 Å². The molecule has 0 saturated carbocycles. The fraction of sp³-hybridized carbons (Fsp3) is 0.250. The van der Waals surface area contributed by atoms with Gasteiger partial charge in [-0.05, 0) is 23.8 Å². The Hall–Kier alpha value is -3.07. The van der Waals surface area contributed by atoms with Crippen LogP contribution >= 0.6 is 11.6 Å². The van der Waals surface area contributed by atoms with Crippen molar-refractivity contribution in [3.8, 4) is 0 Å². The summed E-state index contributed by atoms with van der Waals surface area (Å²) >= 11 is 6.17. The highest BCUT2D eigenvalue weighted by molar-refractivity contribution is 6.31. The lowest BCUT2D eigenvalue weighted by atomic mass is 10.0. The Morgan fingerprint density at radius 2 is 1.83 bits per heavy atom. The number of esters is 1. The Bertz CT molecular complexity index is 1080. The number of benzene rings is 2. The van der Waals surface area contributed by atoms with Gasteiger partial charge in [0.25, 0.3) is 0 Å². The number of halogens is 4. The van der Waals surface area contributed by atoms with E-state index in [9.17, 15) is 22.8 Å². The van der Waals surface area contributed by atoms with Crippen LogP contribution in [0.2, 0.25) is 5.02 Å². The zero-order valence-corrected chi connectivity index (χ0v) is 16.5. The van der Waals surface area contributed by atoms with Gasteiger partial charge in [-0.15, -0.1) is 0 Å². The van der Waals surface area contributed by atoms with Crippen molar-refractivity contribution in [3.63, 3.8) is 0 Å². The molecule has 1 unspecified atom stereocenters. The second-order valence-electron chi connectivity index (χ2n) is 6.43. The Morgan fingerprint density at radius 1 is 1.17 bits per heavy atom. The van der Waals surface area contributed by atoms with Gasteiger partial charge in [-0.3, -0.25) is 9.59 Å². The van der Waals surface area contributed by atoms with Crippen LogP contribution in [0, 0.1) is 0 Å². The summed E-state index contributed by atoms with van der Waals surface area (Å²) < 4.78 is 45.8. The maximum atomic E-state index is 13.4. The number of rotatable bonds is 6. The average Bonchev–Trinajstić information content (AvgIpc) is 3.06. The highest BCUT2D eigenvalue weighted by Gasteiger charge is 2.38. The van der Waals surface area contributed by atoms with E-state index in [0.29, 0.717) is 10.6 Å². The summed E-state index contributed by atoms with van der Waals surface area (Å²) in [5, 5.41) is 2.88. The van der Waals surface area contributed by atoms with Crippen LogP contribution in [0.15, 0.2) is 48.5 Å². The van der Waals surface area contributed by atoms with Gasteiger partial charge in [-0.25, -0.2) is 4.98 Å². The first kappa shape index (κ1) is 21.6. The summed E-state index contributed by atoms with van der Waals surface area (Å²) in [5.74, 6) is -2.53. The lowest BCUT2D eigenvalue weighted by Gasteiger charge is -2.20. The van der Waals surface area contributed by atoms with E-state index >= 15 is 0 Å². The molecule has 1 N–H and O–H groups in total. The fourth-order valence-corrected chi connectivity index (χ4v) is 3.35. The van der Waals surface area contributed by atoms with Gasteiger partial charge in [0, 0.05) is 5.02 Å². The lowest BCUT2D eigenvalue weighted by Crippen LogP contribution is -2.34. The predicted molar refractivity (Wildman–Crippen MR) is 104 cm³/mol. The second kappa shape index (κ2) is 8.74. The van der Waals surface area contributed by atoms with E-state index in [1.807, 2.05) is 0 Å². The topological polar surface area (TPSA) is 73.2 Å². The molecule has 0 saturated heterocycles. The maximum Gasteiger partial charge on any atom is 0.449 e. The first-order valence-electron chi connectivity index (χ1n) is 8.83. The monoisotopic (exact) mass is 439 g/mol. The van der Waals surface area contributed by atoms with Crippen LogP contribution in [-0.2, 0) is 27.0 Å². The molecule has 0 bridgehead atoms. The lowest BCUT2D eigenvalue weighted by molar-refractivity contribution is -0.147. The van der Waals surface area contributed by atoms with E-state index in [-0.39, 0.29) is 17.5 Å². The van der Waals surface area contributed by atoms with E-state index in [1.54, 1.807) is 36.4 Å². The van der Waals surface area contributed by atoms with Crippen molar-refractivity contribution in [2.24, 2.45) is 0 Å². The first-order valence-corrected chi connectivity index (χ1v) is 9.21. The summed E-state index contributed by atoms with van der Waals surface area (Å²) in [5.41, 5.74) is 0.738. The van der Waals surface area contributed by atoms with Gasteiger partial charge in [0.15, 0.2) is 0 Å². The molecule has 0 aliphatic carbocycles. The molecule has 0 aliphatic rings. The van der Waals surface area contributed by atoms with E-state index < -0.39 is 36.5 Å². The van der Waals surface area contributed by atoms with Crippen molar-refractivity contribution >= 4 is 34.5 Å². The molecule has 3 aromatic rings. The number of imidazole rings is 1. The fourth-order valence-electron chi connectivity index (χ4n) is 3.08. The van der Waals surface area contributed by atoms with Gasteiger partial charge in [0.1, 0.15) is 6.54 Å². The SMILES string of the molecule is COC(=O)CC(NC(=O)Cn1c(C(F)(F)F)nc2ccccc21)c1ccccc1Cl. The molecule has 10 heteroatoms.